The fraction of sp³-hybridized carbons (Fsp3) is 0.500. The number of aliphatic imine (C=N–C) groups is 1. The number of thioether (sulfide) groups is 1. The van der Waals surface area contributed by atoms with Gasteiger partial charge in [0.1, 0.15) is 13.1 Å². The van der Waals surface area contributed by atoms with Crippen LogP contribution in [0.25, 0.3) is 0 Å². The van der Waals surface area contributed by atoms with Crippen molar-refractivity contribution in [3.05, 3.63) is 0 Å². The summed E-state index contributed by atoms with van der Waals surface area (Å²) in [5.41, 5.74) is 0. The van der Waals surface area contributed by atoms with Gasteiger partial charge in [-0.15, -0.1) is 0 Å². The minimum atomic E-state index is -1.05. The van der Waals surface area contributed by atoms with Gasteiger partial charge in [0.25, 0.3) is 0 Å². The number of hydrogen-bond donors (Lipinski definition) is 3. The average molecular weight is 206 g/mol. The molecule has 13 heavy (non-hydrogen) atoms. The molecule has 0 atom stereocenters. The number of nitrogens with one attached hydrogen (secondary N) is 1. The summed E-state index contributed by atoms with van der Waals surface area (Å²) in [6.07, 6.45) is 1.68. The number of rotatable bonds is 4. The Kier molecular flexibility index (Phi) is 5.69. The van der Waals surface area contributed by atoms with E-state index in [9.17, 15) is 9.59 Å². The molecule has 7 heteroatoms. The van der Waals surface area contributed by atoms with Gasteiger partial charge >= 0.3 is 11.9 Å². The minimum absolute atomic E-state index is 0.265. The van der Waals surface area contributed by atoms with Crippen molar-refractivity contribution < 1.29 is 19.8 Å². The van der Waals surface area contributed by atoms with Crippen LogP contribution in [0, 0.1) is 0 Å². The molecule has 0 aromatic heterocycles. The molecular weight excluding hydrogens is 196 g/mol. The number of hydrogen-bond acceptors (Lipinski definition) is 4. The van der Waals surface area contributed by atoms with Crippen LogP contribution in [0.2, 0.25) is 0 Å². The van der Waals surface area contributed by atoms with Crippen LogP contribution < -0.4 is 5.32 Å². The van der Waals surface area contributed by atoms with Gasteiger partial charge in [-0.05, 0) is 6.26 Å². The molecule has 0 bridgehead atoms. The number of aliphatic carboxylic acids is 2. The first-order valence-corrected chi connectivity index (χ1v) is 4.54. The van der Waals surface area contributed by atoms with Crippen molar-refractivity contribution in [2.24, 2.45) is 4.99 Å². The highest BCUT2D eigenvalue weighted by Crippen LogP contribution is 1.94. The van der Waals surface area contributed by atoms with Crippen molar-refractivity contribution in [1.82, 2.24) is 5.32 Å². The molecule has 0 aromatic carbocycles. The van der Waals surface area contributed by atoms with Crippen molar-refractivity contribution in [2.45, 2.75) is 0 Å². The smallest absolute Gasteiger partial charge is 0.325 e. The number of nitrogens with zero attached hydrogens (tertiary/aromatic N) is 1. The molecule has 0 aliphatic rings. The van der Waals surface area contributed by atoms with E-state index in [-0.39, 0.29) is 13.1 Å². The van der Waals surface area contributed by atoms with Gasteiger partial charge in [0.2, 0.25) is 0 Å². The van der Waals surface area contributed by atoms with Crippen LogP contribution in [0.3, 0.4) is 0 Å². The summed E-state index contributed by atoms with van der Waals surface area (Å²) in [6, 6.07) is 0. The zero-order valence-electron chi connectivity index (χ0n) is 6.98. The number of carbonyl (C=O) groups is 2. The highest BCUT2D eigenvalue weighted by atomic mass is 32.2. The lowest BCUT2D eigenvalue weighted by molar-refractivity contribution is -0.136. The number of carboxylic acids is 2. The number of amidine groups is 1. The van der Waals surface area contributed by atoms with Crippen molar-refractivity contribution in [2.75, 3.05) is 19.3 Å². The van der Waals surface area contributed by atoms with E-state index in [0.717, 1.165) is 0 Å². The van der Waals surface area contributed by atoms with E-state index in [2.05, 4.69) is 10.3 Å². The van der Waals surface area contributed by atoms with Crippen molar-refractivity contribution >= 4 is 28.9 Å². The zero-order valence-corrected chi connectivity index (χ0v) is 7.80. The molecule has 3 N–H and O–H groups in total. The second kappa shape index (κ2) is 6.30. The van der Waals surface area contributed by atoms with E-state index in [4.69, 9.17) is 10.2 Å². The van der Waals surface area contributed by atoms with E-state index < -0.39 is 11.9 Å². The third-order valence-corrected chi connectivity index (χ3v) is 1.60. The second-order valence-electron chi connectivity index (χ2n) is 1.97. The maximum atomic E-state index is 10.1. The molecule has 6 nitrogen and oxygen atoms in total. The fourth-order valence-electron chi connectivity index (χ4n) is 0.483. The Balaban J connectivity index is 3.94. The first-order chi connectivity index (χ1) is 6.06. The fourth-order valence-corrected chi connectivity index (χ4v) is 0.893. The average Bonchev–Trinajstić information content (AvgIpc) is 2.04. The van der Waals surface area contributed by atoms with Crippen LogP contribution in [0.1, 0.15) is 0 Å². The molecule has 0 aliphatic carbocycles. The Bertz CT molecular complexity index is 229. The molecule has 0 heterocycles. The Morgan fingerprint density at radius 1 is 1.38 bits per heavy atom. The van der Waals surface area contributed by atoms with E-state index in [1.807, 2.05) is 0 Å². The topological polar surface area (TPSA) is 99.0 Å². The first-order valence-electron chi connectivity index (χ1n) is 3.32. The lowest BCUT2D eigenvalue weighted by atomic mass is 10.6. The van der Waals surface area contributed by atoms with Crippen LogP contribution in [0.4, 0.5) is 0 Å². The van der Waals surface area contributed by atoms with Crippen LogP contribution in [0.15, 0.2) is 4.99 Å². The molecule has 0 unspecified atom stereocenters. The predicted molar refractivity (Wildman–Crippen MR) is 49.1 cm³/mol. The Hall–Kier alpha value is -1.24. The van der Waals surface area contributed by atoms with E-state index in [1.165, 1.54) is 11.8 Å². The predicted octanol–water partition coefficient (Wildman–Crippen LogP) is -0.536. The van der Waals surface area contributed by atoms with Gasteiger partial charge in [-0.25, -0.2) is 0 Å². The zero-order chi connectivity index (χ0) is 10.3. The standard InChI is InChI=1S/C6H10N2O4S/c1-13-6(7-2-4(9)10)8-3-5(11)12/h2-3H2,1H3,(H,7,8)(H,9,10)(H,11,12). The summed E-state index contributed by atoms with van der Waals surface area (Å²) in [4.78, 5) is 23.8. The summed E-state index contributed by atoms with van der Waals surface area (Å²) in [5, 5.41) is 19.4. The van der Waals surface area contributed by atoms with Gasteiger partial charge in [0.05, 0.1) is 0 Å². The van der Waals surface area contributed by atoms with Crippen LogP contribution >= 0.6 is 11.8 Å². The molecule has 0 spiro atoms. The largest absolute Gasteiger partial charge is 0.480 e. The molecule has 0 amide bonds. The molecule has 74 valence electrons. The molecule has 0 aliphatic heterocycles. The first kappa shape index (κ1) is 11.8. The van der Waals surface area contributed by atoms with Crippen molar-refractivity contribution in [3.63, 3.8) is 0 Å². The third-order valence-electron chi connectivity index (χ3n) is 0.942. The minimum Gasteiger partial charge on any atom is -0.480 e. The third kappa shape index (κ3) is 7.13. The summed E-state index contributed by atoms with van der Waals surface area (Å²) in [6.45, 7) is -0.623. The van der Waals surface area contributed by atoms with Gasteiger partial charge in [0.15, 0.2) is 5.17 Å². The van der Waals surface area contributed by atoms with Crippen molar-refractivity contribution in [1.29, 1.82) is 0 Å². The molecule has 0 aromatic rings. The molecule has 0 fully saturated rings. The summed E-state index contributed by atoms with van der Waals surface area (Å²) in [5.74, 6) is -2.07. The molecular formula is C6H10N2O4S. The Labute approximate surface area is 79.0 Å². The van der Waals surface area contributed by atoms with Gasteiger partial charge < -0.3 is 15.5 Å². The van der Waals surface area contributed by atoms with Gasteiger partial charge in [-0.1, -0.05) is 11.8 Å². The Morgan fingerprint density at radius 2 is 2.00 bits per heavy atom. The van der Waals surface area contributed by atoms with E-state index in [0.29, 0.717) is 5.17 Å². The Morgan fingerprint density at radius 3 is 2.38 bits per heavy atom. The second-order valence-corrected chi connectivity index (χ2v) is 2.76. The monoisotopic (exact) mass is 206 g/mol. The van der Waals surface area contributed by atoms with Crippen LogP contribution in [-0.4, -0.2) is 46.7 Å². The van der Waals surface area contributed by atoms with Crippen LogP contribution in [-0.2, 0) is 9.59 Å². The molecule has 0 rings (SSSR count). The van der Waals surface area contributed by atoms with Gasteiger partial charge in [-0.3, -0.25) is 14.6 Å². The van der Waals surface area contributed by atoms with Gasteiger partial charge in [-0.2, -0.15) is 0 Å². The molecule has 0 saturated heterocycles. The maximum Gasteiger partial charge on any atom is 0.325 e. The van der Waals surface area contributed by atoms with Crippen LogP contribution in [0.5, 0.6) is 0 Å². The molecule has 0 saturated carbocycles. The number of carboxylic acid groups (broad SMARTS) is 2. The lowest BCUT2D eigenvalue weighted by Gasteiger charge is -2.02. The maximum absolute atomic E-state index is 10.1. The molecule has 0 radical (unpaired) electrons. The SMILES string of the molecule is CSC(=NCC(=O)O)NCC(=O)O. The highest BCUT2D eigenvalue weighted by Gasteiger charge is 2.01. The lowest BCUT2D eigenvalue weighted by Crippen LogP contribution is -2.27. The van der Waals surface area contributed by atoms with E-state index in [1.54, 1.807) is 6.26 Å². The summed E-state index contributed by atoms with van der Waals surface area (Å²) < 4.78 is 0. The quantitative estimate of drug-likeness (QED) is 0.422. The normalized spacial score (nSPS) is 11.0. The van der Waals surface area contributed by atoms with Crippen molar-refractivity contribution in [3.8, 4) is 0 Å². The van der Waals surface area contributed by atoms with Gasteiger partial charge in [0, 0.05) is 0 Å². The highest BCUT2D eigenvalue weighted by molar-refractivity contribution is 8.13. The van der Waals surface area contributed by atoms with E-state index >= 15 is 0 Å². The summed E-state index contributed by atoms with van der Waals surface area (Å²) in [7, 11) is 0. The summed E-state index contributed by atoms with van der Waals surface area (Å²) >= 11 is 1.17.